The zero-order valence-corrected chi connectivity index (χ0v) is 13.1. The summed E-state index contributed by atoms with van der Waals surface area (Å²) >= 11 is 1.48. The van der Waals surface area contributed by atoms with Gasteiger partial charge in [0.15, 0.2) is 0 Å². The molecule has 0 bridgehead atoms. The molecule has 0 aliphatic rings. The number of carbonyl (C=O) groups is 1. The van der Waals surface area contributed by atoms with Gasteiger partial charge in [0, 0.05) is 13.1 Å². The fourth-order valence-corrected chi connectivity index (χ4v) is 2.89. The first kappa shape index (κ1) is 15.4. The minimum absolute atomic E-state index is 0.0445. The van der Waals surface area contributed by atoms with Crippen LogP contribution in [0.25, 0.3) is 0 Å². The van der Waals surface area contributed by atoms with E-state index in [4.69, 9.17) is 0 Å². The van der Waals surface area contributed by atoms with E-state index in [1.165, 1.54) is 16.9 Å². The summed E-state index contributed by atoms with van der Waals surface area (Å²) in [5.41, 5.74) is 1.23. The van der Waals surface area contributed by atoms with Crippen molar-refractivity contribution in [2.75, 3.05) is 13.1 Å². The van der Waals surface area contributed by atoms with Crippen molar-refractivity contribution in [2.45, 2.75) is 19.8 Å². The van der Waals surface area contributed by atoms with Crippen LogP contribution in [-0.2, 0) is 12.8 Å². The van der Waals surface area contributed by atoms with Gasteiger partial charge in [-0.05, 0) is 18.4 Å². The molecule has 0 atom stereocenters. The lowest BCUT2D eigenvalue weighted by Crippen LogP contribution is -2.32. The number of hydrogen-bond donors (Lipinski definition) is 0. The molecule has 0 saturated heterocycles. The molecule has 1 amide bonds. The third-order valence-electron chi connectivity index (χ3n) is 3.22. The molecule has 2 aromatic rings. The SMILES string of the molecule is C=CCN(CCc1ccccc1)C(=O)c1cnc(CC)s1. The van der Waals surface area contributed by atoms with Gasteiger partial charge in [-0.25, -0.2) is 4.98 Å². The maximum atomic E-state index is 12.5. The van der Waals surface area contributed by atoms with Gasteiger partial charge in [-0.1, -0.05) is 43.3 Å². The first-order valence-electron chi connectivity index (χ1n) is 7.13. The third-order valence-corrected chi connectivity index (χ3v) is 4.35. The number of carbonyl (C=O) groups excluding carboxylic acids is 1. The first-order chi connectivity index (χ1) is 10.2. The average molecular weight is 300 g/mol. The van der Waals surface area contributed by atoms with E-state index in [1.807, 2.05) is 30.0 Å². The molecule has 0 fully saturated rings. The molecule has 1 aromatic carbocycles. The van der Waals surface area contributed by atoms with Gasteiger partial charge >= 0.3 is 0 Å². The quantitative estimate of drug-likeness (QED) is 0.732. The van der Waals surface area contributed by atoms with Gasteiger partial charge in [0.2, 0.25) is 0 Å². The van der Waals surface area contributed by atoms with E-state index in [-0.39, 0.29) is 5.91 Å². The maximum Gasteiger partial charge on any atom is 0.265 e. The van der Waals surface area contributed by atoms with Gasteiger partial charge in [-0.3, -0.25) is 4.79 Å². The molecular weight excluding hydrogens is 280 g/mol. The summed E-state index contributed by atoms with van der Waals surface area (Å²) in [4.78, 5) is 19.3. The van der Waals surface area contributed by atoms with E-state index in [1.54, 1.807) is 12.3 Å². The predicted molar refractivity (Wildman–Crippen MR) is 87.7 cm³/mol. The Hall–Kier alpha value is -1.94. The summed E-state index contributed by atoms with van der Waals surface area (Å²) in [6.07, 6.45) is 5.17. The topological polar surface area (TPSA) is 33.2 Å². The number of amides is 1. The Kier molecular flexibility index (Phi) is 5.69. The second kappa shape index (κ2) is 7.74. The highest BCUT2D eigenvalue weighted by Crippen LogP contribution is 2.16. The maximum absolute atomic E-state index is 12.5. The predicted octanol–water partition coefficient (Wildman–Crippen LogP) is 3.58. The Morgan fingerprint density at radius 3 is 2.76 bits per heavy atom. The van der Waals surface area contributed by atoms with Crippen molar-refractivity contribution in [1.82, 2.24) is 9.88 Å². The Morgan fingerprint density at radius 1 is 1.38 bits per heavy atom. The number of nitrogens with zero attached hydrogens (tertiary/aromatic N) is 2. The molecule has 0 radical (unpaired) electrons. The standard InChI is InChI=1S/C17H20N2OS/c1-3-11-19(12-10-14-8-6-5-7-9-14)17(20)15-13-18-16(4-2)21-15/h3,5-9,13H,1,4,10-12H2,2H3. The average Bonchev–Trinajstić information content (AvgIpc) is 3.01. The van der Waals surface area contributed by atoms with Crippen molar-refractivity contribution in [2.24, 2.45) is 0 Å². The van der Waals surface area contributed by atoms with Crippen molar-refractivity contribution >= 4 is 17.2 Å². The summed E-state index contributed by atoms with van der Waals surface area (Å²) < 4.78 is 0. The molecule has 0 saturated carbocycles. The van der Waals surface area contributed by atoms with E-state index in [0.29, 0.717) is 18.0 Å². The zero-order chi connectivity index (χ0) is 15.1. The van der Waals surface area contributed by atoms with Gasteiger partial charge in [0.1, 0.15) is 4.88 Å². The van der Waals surface area contributed by atoms with Crippen LogP contribution in [0.2, 0.25) is 0 Å². The summed E-state index contributed by atoms with van der Waals surface area (Å²) in [5, 5.41) is 1.000. The highest BCUT2D eigenvalue weighted by Gasteiger charge is 2.17. The summed E-state index contributed by atoms with van der Waals surface area (Å²) in [7, 11) is 0. The lowest BCUT2D eigenvalue weighted by Gasteiger charge is -2.20. The van der Waals surface area contributed by atoms with Gasteiger partial charge in [0.25, 0.3) is 5.91 Å². The molecule has 110 valence electrons. The Balaban J connectivity index is 2.03. The molecule has 0 unspecified atom stereocenters. The molecular formula is C17H20N2OS. The molecule has 0 aliphatic carbocycles. The smallest absolute Gasteiger partial charge is 0.265 e. The molecule has 1 aromatic heterocycles. The molecule has 3 nitrogen and oxygen atoms in total. The van der Waals surface area contributed by atoms with E-state index in [2.05, 4.69) is 23.7 Å². The van der Waals surface area contributed by atoms with Gasteiger partial charge in [-0.15, -0.1) is 17.9 Å². The van der Waals surface area contributed by atoms with Crippen molar-refractivity contribution in [3.63, 3.8) is 0 Å². The fourth-order valence-electron chi connectivity index (χ4n) is 2.07. The first-order valence-corrected chi connectivity index (χ1v) is 7.95. The van der Waals surface area contributed by atoms with Crippen LogP contribution < -0.4 is 0 Å². The van der Waals surface area contributed by atoms with Crippen LogP contribution in [0.5, 0.6) is 0 Å². The number of thiazole rings is 1. The largest absolute Gasteiger partial charge is 0.334 e. The number of rotatable bonds is 7. The molecule has 0 aliphatic heterocycles. The summed E-state index contributed by atoms with van der Waals surface area (Å²) in [5.74, 6) is 0.0445. The highest BCUT2D eigenvalue weighted by atomic mass is 32.1. The van der Waals surface area contributed by atoms with Crippen molar-refractivity contribution < 1.29 is 4.79 Å². The van der Waals surface area contributed by atoms with Gasteiger partial charge < -0.3 is 4.90 Å². The van der Waals surface area contributed by atoms with Gasteiger partial charge in [0.05, 0.1) is 11.2 Å². The number of benzene rings is 1. The van der Waals surface area contributed by atoms with Crippen LogP contribution in [0.3, 0.4) is 0 Å². The lowest BCUT2D eigenvalue weighted by molar-refractivity contribution is 0.0780. The van der Waals surface area contributed by atoms with E-state index < -0.39 is 0 Å². The van der Waals surface area contributed by atoms with Crippen molar-refractivity contribution in [3.8, 4) is 0 Å². The molecule has 0 spiro atoms. The highest BCUT2D eigenvalue weighted by molar-refractivity contribution is 7.13. The molecule has 1 heterocycles. The monoisotopic (exact) mass is 300 g/mol. The van der Waals surface area contributed by atoms with Crippen LogP contribution in [0, 0.1) is 0 Å². The van der Waals surface area contributed by atoms with E-state index in [0.717, 1.165) is 17.8 Å². The molecule has 4 heteroatoms. The van der Waals surface area contributed by atoms with Gasteiger partial charge in [-0.2, -0.15) is 0 Å². The number of hydrogen-bond acceptors (Lipinski definition) is 3. The molecule has 0 N–H and O–H groups in total. The number of aromatic nitrogens is 1. The second-order valence-electron chi connectivity index (χ2n) is 4.75. The van der Waals surface area contributed by atoms with Crippen LogP contribution in [-0.4, -0.2) is 28.9 Å². The third kappa shape index (κ3) is 4.26. The van der Waals surface area contributed by atoms with Crippen molar-refractivity contribution in [3.05, 3.63) is 64.6 Å². The normalized spacial score (nSPS) is 10.3. The number of aryl methyl sites for hydroxylation is 1. The van der Waals surface area contributed by atoms with Crippen LogP contribution >= 0.6 is 11.3 Å². The van der Waals surface area contributed by atoms with Crippen LogP contribution in [0.1, 0.15) is 27.2 Å². The molecule has 2 rings (SSSR count). The Morgan fingerprint density at radius 2 is 2.14 bits per heavy atom. The van der Waals surface area contributed by atoms with E-state index in [9.17, 15) is 4.79 Å². The zero-order valence-electron chi connectivity index (χ0n) is 12.3. The fraction of sp³-hybridized carbons (Fsp3) is 0.294. The Bertz CT molecular complexity index is 592. The summed E-state index contributed by atoms with van der Waals surface area (Å²) in [6.45, 7) is 7.04. The minimum atomic E-state index is 0.0445. The summed E-state index contributed by atoms with van der Waals surface area (Å²) in [6, 6.07) is 10.2. The van der Waals surface area contributed by atoms with Crippen LogP contribution in [0.4, 0.5) is 0 Å². The lowest BCUT2D eigenvalue weighted by atomic mass is 10.1. The second-order valence-corrected chi connectivity index (χ2v) is 5.86. The molecule has 21 heavy (non-hydrogen) atoms. The van der Waals surface area contributed by atoms with Crippen molar-refractivity contribution in [1.29, 1.82) is 0 Å². The van der Waals surface area contributed by atoms with Crippen LogP contribution in [0.15, 0.2) is 49.2 Å². The Labute approximate surface area is 129 Å². The van der Waals surface area contributed by atoms with E-state index >= 15 is 0 Å². The minimum Gasteiger partial charge on any atom is -0.334 e.